The lowest BCUT2D eigenvalue weighted by molar-refractivity contribution is 0.363. The van der Waals surface area contributed by atoms with Crippen LogP contribution in [0.25, 0.3) is 0 Å². The van der Waals surface area contributed by atoms with Gasteiger partial charge in [0.15, 0.2) is 0 Å². The summed E-state index contributed by atoms with van der Waals surface area (Å²) in [5.74, 6) is 0.548. The number of halogens is 3. The maximum atomic E-state index is 5.85. The number of anilines is 1. The van der Waals surface area contributed by atoms with Gasteiger partial charge < -0.3 is 10.5 Å². The normalized spacial score (nSPS) is 9.64. The van der Waals surface area contributed by atoms with Crippen LogP contribution in [0.15, 0.2) is 28.8 Å². The molecule has 76 valence electrons. The molecule has 1 aromatic rings. The van der Waals surface area contributed by atoms with Gasteiger partial charge in [0, 0.05) is 5.69 Å². The van der Waals surface area contributed by atoms with Crippen LogP contribution in [0.2, 0.25) is 5.02 Å². The Morgan fingerprint density at radius 1 is 1.43 bits per heavy atom. The lowest BCUT2D eigenvalue weighted by Gasteiger charge is -2.05. The van der Waals surface area contributed by atoms with Gasteiger partial charge in [0.2, 0.25) is 0 Å². The summed E-state index contributed by atoms with van der Waals surface area (Å²) in [5.41, 5.74) is 6.10. The minimum atomic E-state index is 0.163. The molecule has 0 aliphatic heterocycles. The molecular weight excluding hydrogens is 244 g/mol. The van der Waals surface area contributed by atoms with E-state index < -0.39 is 0 Å². The summed E-state index contributed by atoms with van der Waals surface area (Å²) in [5, 5.41) is 0.462. The molecule has 0 saturated carbocycles. The Balaban J connectivity index is 2.64. The van der Waals surface area contributed by atoms with Crippen LogP contribution in [0, 0.1) is 0 Å². The number of ether oxygens (including phenoxy) is 1. The first-order valence-corrected chi connectivity index (χ1v) is 4.92. The van der Waals surface area contributed by atoms with E-state index in [0.29, 0.717) is 16.5 Å². The maximum absolute atomic E-state index is 5.85. The van der Waals surface area contributed by atoms with E-state index in [1.807, 2.05) is 0 Å². The Kier molecular flexibility index (Phi) is 4.39. The van der Waals surface area contributed by atoms with Gasteiger partial charge in [0.1, 0.15) is 16.8 Å². The Morgan fingerprint density at radius 2 is 2.14 bits per heavy atom. The molecule has 0 fully saturated rings. The molecule has 14 heavy (non-hydrogen) atoms. The van der Waals surface area contributed by atoms with Crippen molar-refractivity contribution in [3.63, 3.8) is 0 Å². The maximum Gasteiger partial charge on any atom is 0.138 e. The third-order valence-electron chi connectivity index (χ3n) is 1.43. The molecule has 0 unspecified atom stereocenters. The van der Waals surface area contributed by atoms with Crippen LogP contribution in [0.4, 0.5) is 5.69 Å². The van der Waals surface area contributed by atoms with E-state index in [0.717, 1.165) is 0 Å². The Morgan fingerprint density at radius 3 is 2.71 bits per heavy atom. The average molecular weight is 253 g/mol. The number of nitrogens with two attached hydrogens (primary N) is 1. The summed E-state index contributed by atoms with van der Waals surface area (Å²) in [6, 6.07) is 5.00. The minimum absolute atomic E-state index is 0.163. The third-order valence-corrected chi connectivity index (χ3v) is 2.04. The second kappa shape index (κ2) is 5.35. The van der Waals surface area contributed by atoms with Gasteiger partial charge in [-0.15, -0.1) is 0 Å². The minimum Gasteiger partial charge on any atom is -0.488 e. The monoisotopic (exact) mass is 251 g/mol. The molecule has 0 amide bonds. The smallest absolute Gasteiger partial charge is 0.138 e. The molecule has 0 atom stereocenters. The predicted octanol–water partition coefficient (Wildman–Crippen LogP) is 3.62. The van der Waals surface area contributed by atoms with Crippen LogP contribution >= 0.6 is 34.8 Å². The van der Waals surface area contributed by atoms with E-state index in [-0.39, 0.29) is 11.1 Å². The Hall–Kier alpha value is -0.570. The SMILES string of the molecule is Nc1ccc(OCC=C(Cl)Cl)c(Cl)c1. The number of nitrogen functional groups attached to an aromatic ring is 1. The summed E-state index contributed by atoms with van der Waals surface area (Å²) in [6.07, 6.45) is 1.52. The van der Waals surface area contributed by atoms with Crippen LogP contribution in [0.1, 0.15) is 0 Å². The zero-order valence-corrected chi connectivity index (χ0v) is 9.40. The number of benzene rings is 1. The fraction of sp³-hybridized carbons (Fsp3) is 0.111. The van der Waals surface area contributed by atoms with Crippen molar-refractivity contribution in [2.75, 3.05) is 12.3 Å². The summed E-state index contributed by atoms with van der Waals surface area (Å²) >= 11 is 16.7. The molecule has 1 aromatic carbocycles. The van der Waals surface area contributed by atoms with Crippen molar-refractivity contribution in [3.05, 3.63) is 33.8 Å². The molecule has 2 nitrogen and oxygen atoms in total. The quantitative estimate of drug-likeness (QED) is 0.834. The van der Waals surface area contributed by atoms with Gasteiger partial charge >= 0.3 is 0 Å². The molecule has 0 radical (unpaired) electrons. The van der Waals surface area contributed by atoms with Crippen molar-refractivity contribution in [3.8, 4) is 5.75 Å². The molecule has 0 aliphatic rings. The van der Waals surface area contributed by atoms with Crippen LogP contribution in [0.3, 0.4) is 0 Å². The van der Waals surface area contributed by atoms with E-state index in [4.69, 9.17) is 45.3 Å². The second-order valence-corrected chi connectivity index (χ2v) is 3.91. The van der Waals surface area contributed by atoms with Gasteiger partial charge in [-0.3, -0.25) is 0 Å². The first kappa shape index (κ1) is 11.5. The third kappa shape index (κ3) is 3.66. The van der Waals surface area contributed by atoms with Crippen molar-refractivity contribution >= 4 is 40.5 Å². The van der Waals surface area contributed by atoms with Gasteiger partial charge in [-0.1, -0.05) is 34.8 Å². The molecule has 5 heteroatoms. The van der Waals surface area contributed by atoms with Gasteiger partial charge in [-0.05, 0) is 24.3 Å². The highest BCUT2D eigenvalue weighted by Crippen LogP contribution is 2.26. The lowest BCUT2D eigenvalue weighted by Crippen LogP contribution is -1.95. The fourth-order valence-electron chi connectivity index (χ4n) is 0.829. The zero-order valence-electron chi connectivity index (χ0n) is 7.14. The number of rotatable bonds is 3. The van der Waals surface area contributed by atoms with Crippen molar-refractivity contribution in [1.29, 1.82) is 0 Å². The highest BCUT2D eigenvalue weighted by atomic mass is 35.5. The average Bonchev–Trinajstić information content (AvgIpc) is 2.08. The summed E-state index contributed by atoms with van der Waals surface area (Å²) in [4.78, 5) is 0. The molecular formula is C9H8Cl3NO. The van der Waals surface area contributed by atoms with Crippen LogP contribution < -0.4 is 10.5 Å². The molecule has 0 heterocycles. The van der Waals surface area contributed by atoms with Crippen molar-refractivity contribution in [1.82, 2.24) is 0 Å². The largest absolute Gasteiger partial charge is 0.488 e. The van der Waals surface area contributed by atoms with Crippen molar-refractivity contribution in [2.45, 2.75) is 0 Å². The Labute approximate surface area is 97.2 Å². The highest BCUT2D eigenvalue weighted by molar-refractivity contribution is 6.55. The van der Waals surface area contributed by atoms with E-state index in [9.17, 15) is 0 Å². The molecule has 0 saturated heterocycles. The Bertz CT molecular complexity index is 348. The topological polar surface area (TPSA) is 35.2 Å². The molecule has 0 bridgehead atoms. The predicted molar refractivity (Wildman–Crippen MR) is 61.1 cm³/mol. The van der Waals surface area contributed by atoms with E-state index in [1.165, 1.54) is 6.08 Å². The van der Waals surface area contributed by atoms with Gasteiger partial charge in [0.05, 0.1) is 5.02 Å². The molecule has 0 aromatic heterocycles. The number of hydrogen-bond acceptors (Lipinski definition) is 2. The van der Waals surface area contributed by atoms with Gasteiger partial charge in [0.25, 0.3) is 0 Å². The fourth-order valence-corrected chi connectivity index (χ4v) is 1.20. The van der Waals surface area contributed by atoms with E-state index in [1.54, 1.807) is 18.2 Å². The number of hydrogen-bond donors (Lipinski definition) is 1. The molecule has 1 rings (SSSR count). The lowest BCUT2D eigenvalue weighted by atomic mass is 10.3. The molecule has 2 N–H and O–H groups in total. The van der Waals surface area contributed by atoms with E-state index in [2.05, 4.69) is 0 Å². The first-order chi connectivity index (χ1) is 6.59. The zero-order chi connectivity index (χ0) is 10.6. The van der Waals surface area contributed by atoms with Crippen LogP contribution in [-0.4, -0.2) is 6.61 Å². The second-order valence-electron chi connectivity index (χ2n) is 2.49. The standard InChI is InChI=1S/C9H8Cl3NO/c10-7-5-6(13)1-2-8(7)14-4-3-9(11)12/h1-3,5H,4,13H2. The summed E-state index contributed by atoms with van der Waals surface area (Å²) in [7, 11) is 0. The van der Waals surface area contributed by atoms with Crippen LogP contribution in [-0.2, 0) is 0 Å². The molecule has 0 aliphatic carbocycles. The van der Waals surface area contributed by atoms with Gasteiger partial charge in [-0.25, -0.2) is 0 Å². The summed E-state index contributed by atoms with van der Waals surface area (Å²) in [6.45, 7) is 0.270. The van der Waals surface area contributed by atoms with Crippen LogP contribution in [0.5, 0.6) is 5.75 Å². The molecule has 0 spiro atoms. The van der Waals surface area contributed by atoms with Crippen molar-refractivity contribution in [2.24, 2.45) is 0 Å². The van der Waals surface area contributed by atoms with E-state index >= 15 is 0 Å². The highest BCUT2D eigenvalue weighted by Gasteiger charge is 2.00. The van der Waals surface area contributed by atoms with Crippen molar-refractivity contribution < 1.29 is 4.74 Å². The van der Waals surface area contributed by atoms with Gasteiger partial charge in [-0.2, -0.15) is 0 Å². The summed E-state index contributed by atoms with van der Waals surface area (Å²) < 4.78 is 5.43. The first-order valence-electron chi connectivity index (χ1n) is 3.78.